The first kappa shape index (κ1) is 16.3. The third kappa shape index (κ3) is 4.72. The summed E-state index contributed by atoms with van der Waals surface area (Å²) in [5.74, 6) is 0. The lowest BCUT2D eigenvalue weighted by Gasteiger charge is -2.13. The molecule has 1 aromatic carbocycles. The third-order valence-electron chi connectivity index (χ3n) is 3.40. The molecule has 4 nitrogen and oxygen atoms in total. The van der Waals surface area contributed by atoms with Crippen molar-refractivity contribution in [2.24, 2.45) is 0 Å². The Morgan fingerprint density at radius 3 is 2.62 bits per heavy atom. The summed E-state index contributed by atoms with van der Waals surface area (Å²) < 4.78 is 50.7. The fraction of sp³-hybridized carbons (Fsp3) is 0.571. The van der Waals surface area contributed by atoms with Gasteiger partial charge in [0.15, 0.2) is 0 Å². The first-order chi connectivity index (χ1) is 9.92. The summed E-state index contributed by atoms with van der Waals surface area (Å²) >= 11 is 0. The van der Waals surface area contributed by atoms with Gasteiger partial charge in [0.1, 0.15) is 0 Å². The summed E-state index contributed by atoms with van der Waals surface area (Å²) in [6, 6.07) is 5.72. The molecule has 1 saturated carbocycles. The monoisotopic (exact) mass is 318 g/mol. The first-order valence-electron chi connectivity index (χ1n) is 7.05. The van der Waals surface area contributed by atoms with Gasteiger partial charge < -0.3 is 5.32 Å². The summed E-state index contributed by atoms with van der Waals surface area (Å²) in [5, 5.41) is 3.30. The van der Waals surface area contributed by atoms with Crippen molar-refractivity contribution in [3.63, 3.8) is 0 Å². The van der Waals surface area contributed by atoms with Crippen LogP contribution in [0.5, 0.6) is 0 Å². The van der Waals surface area contributed by atoms with Crippen molar-refractivity contribution in [2.45, 2.75) is 50.1 Å². The summed E-state index contributed by atoms with van der Waals surface area (Å²) in [6.45, 7) is 1.56. The van der Waals surface area contributed by atoms with E-state index in [1.54, 1.807) is 12.1 Å². The van der Waals surface area contributed by atoms with Crippen molar-refractivity contribution in [2.75, 3.05) is 6.54 Å². The SMILES string of the molecule is CCc1ccc(CNC2CC2)cc1S(=O)(=O)NCC(F)F. The van der Waals surface area contributed by atoms with Gasteiger partial charge in [0.25, 0.3) is 6.43 Å². The number of rotatable bonds is 8. The van der Waals surface area contributed by atoms with Crippen LogP contribution < -0.4 is 10.0 Å². The molecule has 21 heavy (non-hydrogen) atoms. The van der Waals surface area contributed by atoms with Crippen LogP contribution in [0.25, 0.3) is 0 Å². The molecule has 0 aromatic heterocycles. The maximum absolute atomic E-state index is 12.2. The number of aryl methyl sites for hydroxylation is 1. The fourth-order valence-corrected chi connectivity index (χ4v) is 3.42. The van der Waals surface area contributed by atoms with Crippen LogP contribution in [0.15, 0.2) is 23.1 Å². The molecule has 0 aliphatic heterocycles. The predicted molar refractivity (Wildman–Crippen MR) is 76.9 cm³/mol. The summed E-state index contributed by atoms with van der Waals surface area (Å²) in [7, 11) is -3.90. The van der Waals surface area contributed by atoms with E-state index in [1.165, 1.54) is 0 Å². The van der Waals surface area contributed by atoms with Crippen molar-refractivity contribution in [1.29, 1.82) is 0 Å². The van der Waals surface area contributed by atoms with E-state index < -0.39 is 23.0 Å². The van der Waals surface area contributed by atoms with Gasteiger partial charge in [-0.1, -0.05) is 19.1 Å². The number of benzene rings is 1. The van der Waals surface area contributed by atoms with Crippen LogP contribution in [0, 0.1) is 0 Å². The number of hydrogen-bond donors (Lipinski definition) is 2. The molecule has 1 aliphatic rings. The second-order valence-electron chi connectivity index (χ2n) is 5.19. The second-order valence-corrected chi connectivity index (χ2v) is 6.93. The largest absolute Gasteiger partial charge is 0.310 e. The maximum Gasteiger partial charge on any atom is 0.251 e. The number of alkyl halides is 2. The molecule has 118 valence electrons. The highest BCUT2D eigenvalue weighted by molar-refractivity contribution is 7.89. The highest BCUT2D eigenvalue weighted by Crippen LogP contribution is 2.22. The maximum atomic E-state index is 12.2. The number of halogens is 2. The zero-order valence-corrected chi connectivity index (χ0v) is 12.7. The van der Waals surface area contributed by atoms with Gasteiger partial charge in [-0.2, -0.15) is 0 Å². The zero-order valence-electron chi connectivity index (χ0n) is 11.9. The Kier molecular flexibility index (Phi) is 5.29. The van der Waals surface area contributed by atoms with Gasteiger partial charge in [-0.25, -0.2) is 21.9 Å². The molecule has 1 fully saturated rings. The Balaban J connectivity index is 2.19. The lowest BCUT2D eigenvalue weighted by molar-refractivity contribution is 0.153. The predicted octanol–water partition coefficient (Wildman–Crippen LogP) is 2.04. The second kappa shape index (κ2) is 6.81. The van der Waals surface area contributed by atoms with Crippen LogP contribution >= 0.6 is 0 Å². The van der Waals surface area contributed by atoms with Crippen LogP contribution in [0.3, 0.4) is 0 Å². The van der Waals surface area contributed by atoms with E-state index in [0.717, 1.165) is 18.4 Å². The van der Waals surface area contributed by atoms with Crippen LogP contribution in [0.1, 0.15) is 30.9 Å². The van der Waals surface area contributed by atoms with Crippen molar-refractivity contribution in [3.8, 4) is 0 Å². The normalized spacial score (nSPS) is 15.6. The highest BCUT2D eigenvalue weighted by Gasteiger charge is 2.22. The van der Waals surface area contributed by atoms with Crippen LogP contribution in [0.2, 0.25) is 0 Å². The van der Waals surface area contributed by atoms with Gasteiger partial charge >= 0.3 is 0 Å². The molecule has 0 saturated heterocycles. The Morgan fingerprint density at radius 2 is 2.05 bits per heavy atom. The molecule has 0 heterocycles. The van der Waals surface area contributed by atoms with Gasteiger partial charge in [-0.15, -0.1) is 0 Å². The number of sulfonamides is 1. The van der Waals surface area contributed by atoms with Crippen molar-refractivity contribution >= 4 is 10.0 Å². The lowest BCUT2D eigenvalue weighted by Crippen LogP contribution is -2.29. The minimum Gasteiger partial charge on any atom is -0.310 e. The number of hydrogen-bond acceptors (Lipinski definition) is 3. The van der Waals surface area contributed by atoms with Crippen molar-refractivity contribution in [3.05, 3.63) is 29.3 Å². The van der Waals surface area contributed by atoms with Crippen LogP contribution in [-0.2, 0) is 23.0 Å². The van der Waals surface area contributed by atoms with E-state index in [9.17, 15) is 17.2 Å². The summed E-state index contributed by atoms with van der Waals surface area (Å²) in [5.41, 5.74) is 1.48. The van der Waals surface area contributed by atoms with Gasteiger partial charge in [0.05, 0.1) is 11.4 Å². The number of nitrogens with one attached hydrogen (secondary N) is 2. The Hall–Kier alpha value is -1.05. The van der Waals surface area contributed by atoms with Crippen LogP contribution in [0.4, 0.5) is 8.78 Å². The first-order valence-corrected chi connectivity index (χ1v) is 8.53. The third-order valence-corrected chi connectivity index (χ3v) is 4.91. The highest BCUT2D eigenvalue weighted by atomic mass is 32.2. The van der Waals surface area contributed by atoms with E-state index in [2.05, 4.69) is 5.32 Å². The van der Waals surface area contributed by atoms with Gasteiger partial charge in [-0.05, 0) is 36.5 Å². The summed E-state index contributed by atoms with van der Waals surface area (Å²) in [6.07, 6.45) is 0.119. The molecule has 2 rings (SSSR count). The quantitative estimate of drug-likeness (QED) is 0.771. The molecule has 1 aliphatic carbocycles. The molecule has 1 aromatic rings. The molecular weight excluding hydrogens is 298 g/mol. The molecular formula is C14H20F2N2O2S. The van der Waals surface area contributed by atoms with Crippen LogP contribution in [-0.4, -0.2) is 27.4 Å². The van der Waals surface area contributed by atoms with E-state index in [1.807, 2.05) is 17.7 Å². The van der Waals surface area contributed by atoms with E-state index in [-0.39, 0.29) is 4.90 Å². The van der Waals surface area contributed by atoms with Gasteiger partial charge in [0, 0.05) is 12.6 Å². The Labute approximate surface area is 124 Å². The van der Waals surface area contributed by atoms with E-state index >= 15 is 0 Å². The average Bonchev–Trinajstić information content (AvgIpc) is 3.27. The minimum absolute atomic E-state index is 0.0979. The van der Waals surface area contributed by atoms with Crippen molar-refractivity contribution < 1.29 is 17.2 Å². The van der Waals surface area contributed by atoms with Crippen molar-refractivity contribution in [1.82, 2.24) is 10.0 Å². The zero-order chi connectivity index (χ0) is 15.5. The molecule has 7 heteroatoms. The minimum atomic E-state index is -3.90. The molecule has 2 N–H and O–H groups in total. The molecule has 0 bridgehead atoms. The smallest absolute Gasteiger partial charge is 0.251 e. The molecule has 0 unspecified atom stereocenters. The van der Waals surface area contributed by atoms with E-state index in [4.69, 9.17) is 0 Å². The van der Waals surface area contributed by atoms with E-state index in [0.29, 0.717) is 24.6 Å². The molecule has 0 atom stereocenters. The standard InChI is InChI=1S/C14H20F2N2O2S/c1-2-11-4-3-10(8-17-12-5-6-12)7-13(11)21(19,20)18-9-14(15)16/h3-4,7,12,14,17-18H,2,5-6,8-9H2,1H3. The summed E-state index contributed by atoms with van der Waals surface area (Å²) in [4.78, 5) is 0.0979. The molecule has 0 amide bonds. The Morgan fingerprint density at radius 1 is 1.33 bits per heavy atom. The van der Waals surface area contributed by atoms with Gasteiger partial charge in [-0.3, -0.25) is 0 Å². The van der Waals surface area contributed by atoms with Gasteiger partial charge in [0.2, 0.25) is 10.0 Å². The fourth-order valence-electron chi connectivity index (χ4n) is 2.05. The molecule has 0 spiro atoms. The average molecular weight is 318 g/mol. The lowest BCUT2D eigenvalue weighted by atomic mass is 10.1. The Bertz CT molecular complexity index is 587. The topological polar surface area (TPSA) is 58.2 Å². The molecule has 0 radical (unpaired) electrons.